The Balaban J connectivity index is 1.71. The number of ether oxygens (including phenoxy) is 1. The first-order chi connectivity index (χ1) is 11.6. The molecule has 1 aliphatic rings. The Morgan fingerprint density at radius 1 is 1.17 bits per heavy atom. The molecule has 1 aromatic carbocycles. The molecule has 0 aromatic heterocycles. The van der Waals surface area contributed by atoms with Gasteiger partial charge in [0.15, 0.2) is 0 Å². The van der Waals surface area contributed by atoms with Crippen LogP contribution in [0.3, 0.4) is 0 Å². The zero-order valence-corrected chi connectivity index (χ0v) is 14.7. The number of nitrogens with one attached hydrogen (secondary N) is 1. The van der Waals surface area contributed by atoms with Gasteiger partial charge in [-0.05, 0) is 43.4 Å². The lowest BCUT2D eigenvalue weighted by Crippen LogP contribution is -2.46. The maximum absolute atomic E-state index is 12.3. The first-order valence-electron chi connectivity index (χ1n) is 8.82. The molecule has 0 saturated carbocycles. The van der Waals surface area contributed by atoms with E-state index in [1.165, 1.54) is 0 Å². The quantitative estimate of drug-likeness (QED) is 0.835. The lowest BCUT2D eigenvalue weighted by atomic mass is 10.0. The Morgan fingerprint density at radius 3 is 2.42 bits per heavy atom. The minimum absolute atomic E-state index is 0.127. The molecular formula is C19H28N2O3. The van der Waals surface area contributed by atoms with Crippen molar-refractivity contribution in [2.75, 3.05) is 20.2 Å². The molecular weight excluding hydrogens is 304 g/mol. The molecule has 132 valence electrons. The van der Waals surface area contributed by atoms with Crippen LogP contribution in [-0.4, -0.2) is 43.0 Å². The minimum Gasteiger partial charge on any atom is -0.497 e. The second-order valence-corrected chi connectivity index (χ2v) is 6.32. The van der Waals surface area contributed by atoms with E-state index in [4.69, 9.17) is 4.74 Å². The molecule has 1 N–H and O–H groups in total. The van der Waals surface area contributed by atoms with E-state index in [-0.39, 0.29) is 17.9 Å². The van der Waals surface area contributed by atoms with Crippen molar-refractivity contribution < 1.29 is 14.3 Å². The fourth-order valence-corrected chi connectivity index (χ4v) is 3.00. The lowest BCUT2D eigenvalue weighted by molar-refractivity contribution is -0.132. The Morgan fingerprint density at radius 2 is 1.83 bits per heavy atom. The molecule has 2 amide bonds. The number of carbonyl (C=O) groups is 2. The summed E-state index contributed by atoms with van der Waals surface area (Å²) in [6.07, 6.45) is 4.43. The number of benzene rings is 1. The normalized spacial score (nSPS) is 15.2. The predicted octanol–water partition coefficient (Wildman–Crippen LogP) is 2.54. The maximum atomic E-state index is 12.3. The first kappa shape index (κ1) is 18.3. The Bertz CT molecular complexity index is 534. The van der Waals surface area contributed by atoms with E-state index in [9.17, 15) is 9.59 Å². The molecule has 1 saturated heterocycles. The van der Waals surface area contributed by atoms with Gasteiger partial charge in [-0.3, -0.25) is 9.59 Å². The van der Waals surface area contributed by atoms with Crippen molar-refractivity contribution in [1.29, 1.82) is 0 Å². The van der Waals surface area contributed by atoms with Gasteiger partial charge in [-0.15, -0.1) is 0 Å². The van der Waals surface area contributed by atoms with Crippen molar-refractivity contribution in [3.8, 4) is 5.75 Å². The highest BCUT2D eigenvalue weighted by molar-refractivity contribution is 5.77. The number of carbonyl (C=O) groups excluding carboxylic acids is 2. The standard InChI is InChI=1S/C19H28N2O3/c1-3-4-18(22)20-16-11-13-21(14-12-16)19(23)10-7-15-5-8-17(24-2)9-6-15/h5-6,8-9,16H,3-4,7,10-14H2,1-2H3,(H,20,22). The van der Waals surface area contributed by atoms with Crippen LogP contribution in [0.25, 0.3) is 0 Å². The molecule has 0 atom stereocenters. The highest BCUT2D eigenvalue weighted by Gasteiger charge is 2.23. The van der Waals surface area contributed by atoms with Crippen LogP contribution in [0.2, 0.25) is 0 Å². The van der Waals surface area contributed by atoms with Crippen molar-refractivity contribution in [3.05, 3.63) is 29.8 Å². The van der Waals surface area contributed by atoms with Gasteiger partial charge in [0.05, 0.1) is 7.11 Å². The predicted molar refractivity (Wildman–Crippen MR) is 94.0 cm³/mol. The fraction of sp³-hybridized carbons (Fsp3) is 0.579. The minimum atomic E-state index is 0.127. The molecule has 1 fully saturated rings. The maximum Gasteiger partial charge on any atom is 0.222 e. The number of amides is 2. The molecule has 1 heterocycles. The third kappa shape index (κ3) is 5.55. The molecule has 5 heteroatoms. The van der Waals surface area contributed by atoms with E-state index in [0.717, 1.165) is 50.1 Å². The van der Waals surface area contributed by atoms with Crippen LogP contribution in [-0.2, 0) is 16.0 Å². The monoisotopic (exact) mass is 332 g/mol. The van der Waals surface area contributed by atoms with E-state index in [0.29, 0.717) is 12.8 Å². The number of hydrogen-bond donors (Lipinski definition) is 1. The van der Waals surface area contributed by atoms with E-state index < -0.39 is 0 Å². The molecule has 5 nitrogen and oxygen atoms in total. The van der Waals surface area contributed by atoms with Crippen molar-refractivity contribution in [2.24, 2.45) is 0 Å². The molecule has 0 spiro atoms. The van der Waals surface area contributed by atoms with Gasteiger partial charge < -0.3 is 15.0 Å². The second kappa shape index (κ2) is 9.30. The number of piperidine rings is 1. The SMILES string of the molecule is CCCC(=O)NC1CCN(C(=O)CCc2ccc(OC)cc2)CC1. The van der Waals surface area contributed by atoms with Crippen LogP contribution in [0.15, 0.2) is 24.3 Å². The van der Waals surface area contributed by atoms with Gasteiger partial charge in [-0.2, -0.15) is 0 Å². The van der Waals surface area contributed by atoms with E-state index in [2.05, 4.69) is 5.32 Å². The zero-order chi connectivity index (χ0) is 17.4. The molecule has 0 unspecified atom stereocenters. The number of nitrogens with zero attached hydrogens (tertiary/aromatic N) is 1. The number of methoxy groups -OCH3 is 1. The third-order valence-corrected chi connectivity index (χ3v) is 4.48. The van der Waals surface area contributed by atoms with E-state index in [1.807, 2.05) is 36.1 Å². The first-order valence-corrected chi connectivity index (χ1v) is 8.82. The largest absolute Gasteiger partial charge is 0.497 e. The average Bonchev–Trinajstić information content (AvgIpc) is 2.61. The smallest absolute Gasteiger partial charge is 0.222 e. The molecule has 0 bridgehead atoms. The number of aryl methyl sites for hydroxylation is 1. The molecule has 0 radical (unpaired) electrons. The van der Waals surface area contributed by atoms with Gasteiger partial charge >= 0.3 is 0 Å². The topological polar surface area (TPSA) is 58.6 Å². The molecule has 2 rings (SSSR count). The van der Waals surface area contributed by atoms with Crippen LogP contribution in [0.5, 0.6) is 5.75 Å². The third-order valence-electron chi connectivity index (χ3n) is 4.48. The van der Waals surface area contributed by atoms with Gasteiger partial charge in [0.2, 0.25) is 11.8 Å². The van der Waals surface area contributed by atoms with Gasteiger partial charge in [-0.25, -0.2) is 0 Å². The number of rotatable bonds is 7. The molecule has 24 heavy (non-hydrogen) atoms. The summed E-state index contributed by atoms with van der Waals surface area (Å²) in [6.45, 7) is 3.47. The molecule has 1 aliphatic heterocycles. The van der Waals surface area contributed by atoms with Crippen LogP contribution < -0.4 is 10.1 Å². The van der Waals surface area contributed by atoms with Crippen LogP contribution in [0, 0.1) is 0 Å². The molecule has 0 aliphatic carbocycles. The van der Waals surface area contributed by atoms with Crippen molar-refractivity contribution in [3.63, 3.8) is 0 Å². The summed E-state index contributed by atoms with van der Waals surface area (Å²) in [5, 5.41) is 3.06. The highest BCUT2D eigenvalue weighted by Crippen LogP contribution is 2.15. The van der Waals surface area contributed by atoms with Gasteiger partial charge in [-0.1, -0.05) is 19.1 Å². The summed E-state index contributed by atoms with van der Waals surface area (Å²) in [5.41, 5.74) is 1.14. The number of hydrogen-bond acceptors (Lipinski definition) is 3. The summed E-state index contributed by atoms with van der Waals surface area (Å²) in [6, 6.07) is 8.06. The lowest BCUT2D eigenvalue weighted by Gasteiger charge is -2.32. The second-order valence-electron chi connectivity index (χ2n) is 6.32. The van der Waals surface area contributed by atoms with Crippen molar-refractivity contribution in [2.45, 2.75) is 51.5 Å². The highest BCUT2D eigenvalue weighted by atomic mass is 16.5. The van der Waals surface area contributed by atoms with Crippen LogP contribution >= 0.6 is 0 Å². The average molecular weight is 332 g/mol. The van der Waals surface area contributed by atoms with Crippen LogP contribution in [0.4, 0.5) is 0 Å². The summed E-state index contributed by atoms with van der Waals surface area (Å²) >= 11 is 0. The van der Waals surface area contributed by atoms with Crippen molar-refractivity contribution >= 4 is 11.8 Å². The number of likely N-dealkylation sites (tertiary alicyclic amines) is 1. The summed E-state index contributed by atoms with van der Waals surface area (Å²) in [5.74, 6) is 1.16. The summed E-state index contributed by atoms with van der Waals surface area (Å²) in [7, 11) is 1.65. The van der Waals surface area contributed by atoms with E-state index >= 15 is 0 Å². The molecule has 1 aromatic rings. The van der Waals surface area contributed by atoms with Gasteiger partial charge in [0.25, 0.3) is 0 Å². The zero-order valence-electron chi connectivity index (χ0n) is 14.7. The van der Waals surface area contributed by atoms with Crippen molar-refractivity contribution in [1.82, 2.24) is 10.2 Å². The van der Waals surface area contributed by atoms with E-state index in [1.54, 1.807) is 7.11 Å². The van der Waals surface area contributed by atoms with Crippen LogP contribution in [0.1, 0.15) is 44.6 Å². The van der Waals surface area contributed by atoms with Gasteiger partial charge in [0.1, 0.15) is 5.75 Å². The summed E-state index contributed by atoms with van der Waals surface area (Å²) < 4.78 is 5.14. The summed E-state index contributed by atoms with van der Waals surface area (Å²) in [4.78, 5) is 25.9. The fourth-order valence-electron chi connectivity index (χ4n) is 3.00. The Labute approximate surface area is 144 Å². The Kier molecular flexibility index (Phi) is 7.09. The Hall–Kier alpha value is -2.04. The van der Waals surface area contributed by atoms with Gasteiger partial charge in [0, 0.05) is 32.0 Å².